The van der Waals surface area contributed by atoms with Gasteiger partial charge in [0.15, 0.2) is 0 Å². The summed E-state index contributed by atoms with van der Waals surface area (Å²) in [5.74, 6) is 0.540. The number of anilines is 1. The number of carbonyl (C=O) groups is 1. The van der Waals surface area contributed by atoms with Crippen molar-refractivity contribution in [2.75, 3.05) is 11.9 Å². The van der Waals surface area contributed by atoms with Gasteiger partial charge in [-0.15, -0.1) is 0 Å². The molecule has 0 aliphatic heterocycles. The SMILES string of the molecule is NC(=O)c1ccc(NCCc2ccco2)cc1. The molecule has 1 heterocycles. The molecular formula is C13H14N2O2. The summed E-state index contributed by atoms with van der Waals surface area (Å²) in [6, 6.07) is 10.9. The highest BCUT2D eigenvalue weighted by Crippen LogP contribution is 2.09. The molecule has 2 aromatic rings. The van der Waals surface area contributed by atoms with E-state index in [9.17, 15) is 4.79 Å². The molecule has 0 spiro atoms. The lowest BCUT2D eigenvalue weighted by molar-refractivity contribution is 0.100. The number of hydrogen-bond donors (Lipinski definition) is 2. The summed E-state index contributed by atoms with van der Waals surface area (Å²) < 4.78 is 5.22. The normalized spacial score (nSPS) is 10.1. The Morgan fingerprint density at radius 1 is 1.24 bits per heavy atom. The summed E-state index contributed by atoms with van der Waals surface area (Å²) in [5.41, 5.74) is 6.63. The Balaban J connectivity index is 1.85. The summed E-state index contributed by atoms with van der Waals surface area (Å²) in [6.45, 7) is 0.781. The second-order valence-electron chi connectivity index (χ2n) is 3.70. The fraction of sp³-hybridized carbons (Fsp3) is 0.154. The fourth-order valence-electron chi connectivity index (χ4n) is 1.54. The third-order valence-corrected chi connectivity index (χ3v) is 2.45. The molecule has 0 fully saturated rings. The van der Waals surface area contributed by atoms with Gasteiger partial charge in [-0.1, -0.05) is 0 Å². The Hall–Kier alpha value is -2.23. The number of nitrogens with one attached hydrogen (secondary N) is 1. The molecule has 1 aromatic carbocycles. The van der Waals surface area contributed by atoms with Crippen LogP contribution in [0.25, 0.3) is 0 Å². The maximum atomic E-state index is 10.9. The van der Waals surface area contributed by atoms with E-state index in [1.807, 2.05) is 24.3 Å². The Morgan fingerprint density at radius 3 is 2.59 bits per heavy atom. The van der Waals surface area contributed by atoms with Gasteiger partial charge in [0.25, 0.3) is 0 Å². The molecule has 17 heavy (non-hydrogen) atoms. The Kier molecular flexibility index (Phi) is 3.45. The van der Waals surface area contributed by atoms with E-state index in [1.165, 1.54) is 0 Å². The van der Waals surface area contributed by atoms with E-state index in [4.69, 9.17) is 10.2 Å². The first-order chi connectivity index (χ1) is 8.25. The molecule has 0 unspecified atom stereocenters. The highest BCUT2D eigenvalue weighted by Gasteiger charge is 1.99. The predicted molar refractivity (Wildman–Crippen MR) is 65.9 cm³/mol. The number of hydrogen-bond acceptors (Lipinski definition) is 3. The van der Waals surface area contributed by atoms with Crippen molar-refractivity contribution >= 4 is 11.6 Å². The van der Waals surface area contributed by atoms with E-state index in [1.54, 1.807) is 18.4 Å². The molecule has 4 heteroatoms. The number of primary amides is 1. The smallest absolute Gasteiger partial charge is 0.248 e. The number of furan rings is 1. The van der Waals surface area contributed by atoms with Crippen LogP contribution in [0, 0.1) is 0 Å². The van der Waals surface area contributed by atoms with Crippen LogP contribution in [0.15, 0.2) is 47.1 Å². The molecule has 1 amide bonds. The lowest BCUT2D eigenvalue weighted by Gasteiger charge is -2.05. The van der Waals surface area contributed by atoms with E-state index in [-0.39, 0.29) is 0 Å². The minimum Gasteiger partial charge on any atom is -0.469 e. The van der Waals surface area contributed by atoms with Gasteiger partial charge in [0.05, 0.1) is 6.26 Å². The second-order valence-corrected chi connectivity index (χ2v) is 3.70. The molecule has 2 rings (SSSR count). The van der Waals surface area contributed by atoms with Crippen LogP contribution in [-0.4, -0.2) is 12.5 Å². The number of rotatable bonds is 5. The quantitative estimate of drug-likeness (QED) is 0.825. The van der Waals surface area contributed by atoms with Crippen molar-refractivity contribution in [1.29, 1.82) is 0 Å². The Morgan fingerprint density at radius 2 is 2.00 bits per heavy atom. The lowest BCUT2D eigenvalue weighted by Crippen LogP contribution is -2.11. The molecule has 0 bridgehead atoms. The van der Waals surface area contributed by atoms with Crippen LogP contribution in [0.4, 0.5) is 5.69 Å². The summed E-state index contributed by atoms with van der Waals surface area (Å²) >= 11 is 0. The highest BCUT2D eigenvalue weighted by atomic mass is 16.3. The van der Waals surface area contributed by atoms with Crippen LogP contribution >= 0.6 is 0 Å². The average Bonchev–Trinajstić information content (AvgIpc) is 2.83. The summed E-state index contributed by atoms with van der Waals surface area (Å²) in [7, 11) is 0. The predicted octanol–water partition coefficient (Wildman–Crippen LogP) is 2.03. The molecule has 0 aliphatic rings. The number of carbonyl (C=O) groups excluding carboxylic acids is 1. The topological polar surface area (TPSA) is 68.3 Å². The molecule has 0 atom stereocenters. The van der Waals surface area contributed by atoms with Crippen LogP contribution in [0.3, 0.4) is 0 Å². The molecule has 0 saturated carbocycles. The number of amides is 1. The van der Waals surface area contributed by atoms with Crippen molar-refractivity contribution in [3.63, 3.8) is 0 Å². The van der Waals surface area contributed by atoms with E-state index >= 15 is 0 Å². The zero-order valence-electron chi connectivity index (χ0n) is 9.35. The van der Waals surface area contributed by atoms with Crippen molar-refractivity contribution in [3.8, 4) is 0 Å². The summed E-state index contributed by atoms with van der Waals surface area (Å²) in [5, 5.41) is 3.24. The first-order valence-corrected chi connectivity index (χ1v) is 5.42. The molecule has 88 valence electrons. The molecule has 0 aliphatic carbocycles. The number of nitrogens with two attached hydrogens (primary N) is 1. The maximum Gasteiger partial charge on any atom is 0.248 e. The molecule has 4 nitrogen and oxygen atoms in total. The maximum absolute atomic E-state index is 10.9. The average molecular weight is 230 g/mol. The van der Waals surface area contributed by atoms with Gasteiger partial charge >= 0.3 is 0 Å². The van der Waals surface area contributed by atoms with Gasteiger partial charge in [-0.3, -0.25) is 4.79 Å². The zero-order chi connectivity index (χ0) is 12.1. The van der Waals surface area contributed by atoms with Gasteiger partial charge in [0, 0.05) is 24.2 Å². The highest BCUT2D eigenvalue weighted by molar-refractivity contribution is 5.93. The molecular weight excluding hydrogens is 216 g/mol. The minimum absolute atomic E-state index is 0.410. The Labute approximate surface area is 99.4 Å². The van der Waals surface area contributed by atoms with Crippen molar-refractivity contribution in [3.05, 3.63) is 54.0 Å². The van der Waals surface area contributed by atoms with Crippen LogP contribution in [0.1, 0.15) is 16.1 Å². The first-order valence-electron chi connectivity index (χ1n) is 5.42. The minimum atomic E-state index is -0.410. The number of benzene rings is 1. The van der Waals surface area contributed by atoms with Crippen molar-refractivity contribution in [1.82, 2.24) is 0 Å². The molecule has 1 aromatic heterocycles. The van der Waals surface area contributed by atoms with Crippen molar-refractivity contribution < 1.29 is 9.21 Å². The first kappa shape index (κ1) is 11.3. The van der Waals surface area contributed by atoms with Crippen molar-refractivity contribution in [2.45, 2.75) is 6.42 Å². The van der Waals surface area contributed by atoms with Crippen LogP contribution in [0.5, 0.6) is 0 Å². The molecule has 3 N–H and O–H groups in total. The van der Waals surface area contributed by atoms with Gasteiger partial charge < -0.3 is 15.5 Å². The van der Waals surface area contributed by atoms with E-state index in [0.717, 1.165) is 24.4 Å². The van der Waals surface area contributed by atoms with Crippen molar-refractivity contribution in [2.24, 2.45) is 5.73 Å². The van der Waals surface area contributed by atoms with Gasteiger partial charge in [-0.05, 0) is 36.4 Å². The van der Waals surface area contributed by atoms with E-state index in [0.29, 0.717) is 5.56 Å². The van der Waals surface area contributed by atoms with E-state index < -0.39 is 5.91 Å². The Bertz CT molecular complexity index is 475. The van der Waals surface area contributed by atoms with E-state index in [2.05, 4.69) is 5.32 Å². The largest absolute Gasteiger partial charge is 0.469 e. The van der Waals surface area contributed by atoms with Gasteiger partial charge in [-0.2, -0.15) is 0 Å². The summed E-state index contributed by atoms with van der Waals surface area (Å²) in [6.07, 6.45) is 2.49. The fourth-order valence-corrected chi connectivity index (χ4v) is 1.54. The van der Waals surface area contributed by atoms with Crippen LogP contribution in [-0.2, 0) is 6.42 Å². The van der Waals surface area contributed by atoms with Crippen LogP contribution in [0.2, 0.25) is 0 Å². The second kappa shape index (κ2) is 5.21. The van der Waals surface area contributed by atoms with Gasteiger partial charge in [-0.25, -0.2) is 0 Å². The molecule has 0 radical (unpaired) electrons. The van der Waals surface area contributed by atoms with Crippen LogP contribution < -0.4 is 11.1 Å². The monoisotopic (exact) mass is 230 g/mol. The lowest BCUT2D eigenvalue weighted by atomic mass is 10.2. The third-order valence-electron chi connectivity index (χ3n) is 2.45. The standard InChI is InChI=1S/C13H14N2O2/c14-13(16)10-3-5-11(6-4-10)15-8-7-12-2-1-9-17-12/h1-6,9,15H,7-8H2,(H2,14,16). The summed E-state index contributed by atoms with van der Waals surface area (Å²) in [4.78, 5) is 10.9. The van der Waals surface area contributed by atoms with Gasteiger partial charge in [0.1, 0.15) is 5.76 Å². The van der Waals surface area contributed by atoms with Gasteiger partial charge in [0.2, 0.25) is 5.91 Å². The zero-order valence-corrected chi connectivity index (χ0v) is 9.35. The molecule has 0 saturated heterocycles. The third kappa shape index (κ3) is 3.11.